The van der Waals surface area contributed by atoms with Gasteiger partial charge in [-0.25, -0.2) is 4.79 Å². The molecule has 0 radical (unpaired) electrons. The summed E-state index contributed by atoms with van der Waals surface area (Å²) in [4.78, 5) is 41.2. The normalized spacial score (nSPS) is 12.3. The SMILES string of the molecule is CCCCCCCCCCCC(=O)N([C@@H](CCC(=O)O)C(=O)O)C(CCCCCCCC)(CCCCCCCC)CCCCCCCCCCC. The highest BCUT2D eigenvalue weighted by Crippen LogP contribution is 2.38. The van der Waals surface area contributed by atoms with Crippen molar-refractivity contribution in [1.82, 2.24) is 4.90 Å². The fourth-order valence-electron chi connectivity index (χ4n) is 8.07. The van der Waals surface area contributed by atoms with Crippen LogP contribution in [0, 0.1) is 0 Å². The number of hydrogen-bond donors (Lipinski definition) is 2. The van der Waals surface area contributed by atoms with E-state index in [9.17, 15) is 24.6 Å². The summed E-state index contributed by atoms with van der Waals surface area (Å²) in [6.45, 7) is 8.96. The van der Waals surface area contributed by atoms with Crippen molar-refractivity contribution in [2.75, 3.05) is 0 Å². The Balaban J connectivity index is 6.22. The summed E-state index contributed by atoms with van der Waals surface area (Å²) in [6.07, 6.45) is 37.9. The Morgan fingerprint density at radius 3 is 1.02 bits per heavy atom. The van der Waals surface area contributed by atoms with E-state index >= 15 is 0 Å². The number of amides is 1. The van der Waals surface area contributed by atoms with Gasteiger partial charge in [-0.05, 0) is 32.1 Å². The first-order valence-corrected chi connectivity index (χ1v) is 22.6. The highest BCUT2D eigenvalue weighted by atomic mass is 16.4. The van der Waals surface area contributed by atoms with Crippen molar-refractivity contribution < 1.29 is 24.6 Å². The van der Waals surface area contributed by atoms with Crippen LogP contribution >= 0.6 is 0 Å². The molecule has 0 spiro atoms. The lowest BCUT2D eigenvalue weighted by Gasteiger charge is -2.48. The zero-order valence-electron chi connectivity index (χ0n) is 34.6. The van der Waals surface area contributed by atoms with Gasteiger partial charge in [-0.15, -0.1) is 0 Å². The summed E-state index contributed by atoms with van der Waals surface area (Å²) >= 11 is 0. The van der Waals surface area contributed by atoms with Gasteiger partial charge in [0.15, 0.2) is 0 Å². The average Bonchev–Trinajstić information content (AvgIpc) is 3.11. The molecule has 51 heavy (non-hydrogen) atoms. The Bertz CT molecular complexity index is 798. The zero-order valence-corrected chi connectivity index (χ0v) is 34.6. The van der Waals surface area contributed by atoms with Crippen LogP contribution in [0.5, 0.6) is 0 Å². The fraction of sp³-hybridized carbons (Fsp3) is 0.933. The molecule has 1 amide bonds. The van der Waals surface area contributed by atoms with Gasteiger partial charge >= 0.3 is 11.9 Å². The maximum absolute atomic E-state index is 14.5. The number of aliphatic carboxylic acids is 2. The van der Waals surface area contributed by atoms with E-state index in [0.29, 0.717) is 6.42 Å². The Labute approximate surface area is 317 Å². The first-order chi connectivity index (χ1) is 24.8. The lowest BCUT2D eigenvalue weighted by Crippen LogP contribution is -2.59. The topological polar surface area (TPSA) is 94.9 Å². The third-order valence-electron chi connectivity index (χ3n) is 11.2. The standard InChI is InChI=1S/C45H87NO5/c1-5-9-13-17-21-23-25-27-31-35-42(47)46(41(44(50)51)36-37-43(48)49)45(38-32-28-19-15-11-7-3,39-33-29-20-16-12-8-4)40-34-30-26-24-22-18-14-10-6-2/h41H,5-40H2,1-4H3,(H,48,49)(H,50,51)/t41-/m0/s1. The Morgan fingerprint density at radius 1 is 0.431 bits per heavy atom. The van der Waals surface area contributed by atoms with E-state index in [4.69, 9.17) is 0 Å². The van der Waals surface area contributed by atoms with Crippen molar-refractivity contribution in [3.8, 4) is 0 Å². The van der Waals surface area contributed by atoms with Crippen molar-refractivity contribution in [2.24, 2.45) is 0 Å². The highest BCUT2D eigenvalue weighted by Gasteiger charge is 2.44. The maximum Gasteiger partial charge on any atom is 0.326 e. The predicted octanol–water partition coefficient (Wildman–Crippen LogP) is 14.2. The molecule has 0 saturated heterocycles. The molecule has 0 aliphatic carbocycles. The minimum absolute atomic E-state index is 0.0271. The molecule has 0 bridgehead atoms. The van der Waals surface area contributed by atoms with Crippen LogP contribution < -0.4 is 0 Å². The van der Waals surface area contributed by atoms with Gasteiger partial charge in [0.25, 0.3) is 0 Å². The fourth-order valence-corrected chi connectivity index (χ4v) is 8.07. The third kappa shape index (κ3) is 26.8. The molecule has 0 aliphatic heterocycles. The number of carboxylic acids is 2. The maximum atomic E-state index is 14.5. The molecule has 0 rings (SSSR count). The van der Waals surface area contributed by atoms with Crippen LogP contribution in [0.25, 0.3) is 0 Å². The van der Waals surface area contributed by atoms with E-state index in [1.165, 1.54) is 135 Å². The molecule has 1 atom stereocenters. The lowest BCUT2D eigenvalue weighted by atomic mass is 9.78. The summed E-state index contributed by atoms with van der Waals surface area (Å²) in [5.41, 5.74) is -0.533. The average molecular weight is 722 g/mol. The van der Waals surface area contributed by atoms with Crippen molar-refractivity contribution in [3.63, 3.8) is 0 Å². The minimum atomic E-state index is -1.09. The van der Waals surface area contributed by atoms with Crippen LogP contribution in [-0.2, 0) is 14.4 Å². The molecule has 0 aromatic rings. The van der Waals surface area contributed by atoms with Crippen LogP contribution in [0.1, 0.15) is 259 Å². The minimum Gasteiger partial charge on any atom is -0.481 e. The summed E-state index contributed by atoms with van der Waals surface area (Å²) in [5.74, 6) is -2.09. The Hall–Kier alpha value is -1.59. The summed E-state index contributed by atoms with van der Waals surface area (Å²) in [7, 11) is 0. The van der Waals surface area contributed by atoms with Gasteiger partial charge in [-0.2, -0.15) is 0 Å². The second kappa shape index (κ2) is 35.4. The quantitative estimate of drug-likeness (QED) is 0.0614. The number of hydrogen-bond acceptors (Lipinski definition) is 3. The van der Waals surface area contributed by atoms with E-state index in [0.717, 1.165) is 77.0 Å². The Kier molecular flexibility index (Phi) is 34.3. The molecule has 0 fully saturated rings. The molecule has 302 valence electrons. The molecule has 0 unspecified atom stereocenters. The highest BCUT2D eigenvalue weighted by molar-refractivity contribution is 5.85. The number of carboxylic acid groups (broad SMARTS) is 2. The molecule has 6 nitrogen and oxygen atoms in total. The van der Waals surface area contributed by atoms with Gasteiger partial charge in [0.2, 0.25) is 5.91 Å². The van der Waals surface area contributed by atoms with Crippen LogP contribution in [-0.4, -0.2) is 44.5 Å². The van der Waals surface area contributed by atoms with Crippen molar-refractivity contribution in [3.05, 3.63) is 0 Å². The van der Waals surface area contributed by atoms with E-state index in [-0.39, 0.29) is 18.7 Å². The molecular formula is C45H87NO5. The second-order valence-electron chi connectivity index (χ2n) is 16.0. The van der Waals surface area contributed by atoms with Gasteiger partial charge < -0.3 is 15.1 Å². The molecule has 0 saturated carbocycles. The smallest absolute Gasteiger partial charge is 0.326 e. The van der Waals surface area contributed by atoms with Crippen molar-refractivity contribution in [1.29, 1.82) is 0 Å². The van der Waals surface area contributed by atoms with Gasteiger partial charge in [-0.3, -0.25) is 9.59 Å². The molecule has 6 heteroatoms. The number of nitrogens with zero attached hydrogens (tertiary/aromatic N) is 1. The van der Waals surface area contributed by atoms with Crippen LogP contribution in [0.3, 0.4) is 0 Å². The van der Waals surface area contributed by atoms with Crippen LogP contribution in [0.2, 0.25) is 0 Å². The molecule has 0 aromatic heterocycles. The predicted molar refractivity (Wildman–Crippen MR) is 218 cm³/mol. The van der Waals surface area contributed by atoms with E-state index < -0.39 is 23.5 Å². The van der Waals surface area contributed by atoms with E-state index in [1.54, 1.807) is 0 Å². The van der Waals surface area contributed by atoms with Gasteiger partial charge in [0, 0.05) is 18.4 Å². The molecule has 0 aromatic carbocycles. The van der Waals surface area contributed by atoms with Gasteiger partial charge in [0.1, 0.15) is 6.04 Å². The summed E-state index contributed by atoms with van der Waals surface area (Å²) < 4.78 is 0. The summed E-state index contributed by atoms with van der Waals surface area (Å²) in [6, 6.07) is -1.09. The first-order valence-electron chi connectivity index (χ1n) is 22.6. The zero-order chi connectivity index (χ0) is 37.8. The van der Waals surface area contributed by atoms with E-state index in [2.05, 4.69) is 27.7 Å². The second-order valence-corrected chi connectivity index (χ2v) is 16.0. The summed E-state index contributed by atoms with van der Waals surface area (Å²) in [5, 5.41) is 20.3. The number of unbranched alkanes of at least 4 members (excludes halogenated alkanes) is 26. The third-order valence-corrected chi connectivity index (χ3v) is 11.2. The van der Waals surface area contributed by atoms with Crippen LogP contribution in [0.4, 0.5) is 0 Å². The number of carbonyl (C=O) groups is 3. The molecule has 0 heterocycles. The van der Waals surface area contributed by atoms with Gasteiger partial charge in [-0.1, -0.05) is 214 Å². The molecule has 2 N–H and O–H groups in total. The monoisotopic (exact) mass is 722 g/mol. The molecular weight excluding hydrogens is 634 g/mol. The van der Waals surface area contributed by atoms with Crippen LogP contribution in [0.15, 0.2) is 0 Å². The van der Waals surface area contributed by atoms with Gasteiger partial charge in [0.05, 0.1) is 0 Å². The van der Waals surface area contributed by atoms with Crippen molar-refractivity contribution >= 4 is 17.8 Å². The largest absolute Gasteiger partial charge is 0.481 e. The van der Waals surface area contributed by atoms with E-state index in [1.807, 2.05) is 4.90 Å². The first kappa shape index (κ1) is 49.4. The number of carbonyl (C=O) groups excluding carboxylic acids is 1. The Morgan fingerprint density at radius 2 is 0.725 bits per heavy atom. The van der Waals surface area contributed by atoms with Crippen molar-refractivity contribution in [2.45, 2.75) is 270 Å². The lowest BCUT2D eigenvalue weighted by molar-refractivity contribution is -0.159. The molecule has 0 aliphatic rings. The number of rotatable bonds is 40.